The molecule has 2 heterocycles. The maximum atomic E-state index is 11.9. The van der Waals surface area contributed by atoms with Gasteiger partial charge in [0, 0.05) is 10.3 Å². The van der Waals surface area contributed by atoms with Crippen molar-refractivity contribution in [1.82, 2.24) is 4.98 Å². The van der Waals surface area contributed by atoms with Crippen molar-refractivity contribution < 1.29 is 0 Å². The molecular weight excluding hydrogens is 256 g/mol. The van der Waals surface area contributed by atoms with Crippen LogP contribution in [0, 0.1) is 6.92 Å². The van der Waals surface area contributed by atoms with Gasteiger partial charge in [-0.15, -0.1) is 11.3 Å². The lowest BCUT2D eigenvalue weighted by atomic mass is 10.2. The van der Waals surface area contributed by atoms with E-state index in [4.69, 9.17) is 0 Å². The zero-order valence-corrected chi connectivity index (χ0v) is 11.4. The van der Waals surface area contributed by atoms with Gasteiger partial charge in [-0.25, -0.2) is 0 Å². The molecule has 0 aliphatic heterocycles. The number of hydrogen-bond donors (Lipinski definition) is 2. The third kappa shape index (κ3) is 2.39. The molecule has 3 rings (SSSR count). The molecule has 0 amide bonds. The Bertz CT molecular complexity index is 773. The van der Waals surface area contributed by atoms with Gasteiger partial charge in [0.1, 0.15) is 5.82 Å². The van der Waals surface area contributed by atoms with Crippen LogP contribution < -0.4 is 10.9 Å². The summed E-state index contributed by atoms with van der Waals surface area (Å²) in [7, 11) is 0. The molecule has 3 aromatic rings. The molecule has 3 nitrogen and oxygen atoms in total. The maximum Gasteiger partial charge on any atom is 0.257 e. The van der Waals surface area contributed by atoms with E-state index in [2.05, 4.69) is 28.7 Å². The quantitative estimate of drug-likeness (QED) is 0.765. The normalized spacial score (nSPS) is 10.8. The van der Waals surface area contributed by atoms with Crippen molar-refractivity contribution in [3.05, 3.63) is 62.6 Å². The van der Waals surface area contributed by atoms with Crippen molar-refractivity contribution >= 4 is 27.9 Å². The predicted molar refractivity (Wildman–Crippen MR) is 81.0 cm³/mol. The monoisotopic (exact) mass is 270 g/mol. The van der Waals surface area contributed by atoms with Crippen molar-refractivity contribution in [2.24, 2.45) is 0 Å². The molecule has 0 atom stereocenters. The molecule has 0 spiro atoms. The van der Waals surface area contributed by atoms with Crippen LogP contribution in [0.3, 0.4) is 0 Å². The van der Waals surface area contributed by atoms with E-state index < -0.39 is 0 Å². The smallest absolute Gasteiger partial charge is 0.257 e. The highest BCUT2D eigenvalue weighted by molar-refractivity contribution is 7.10. The van der Waals surface area contributed by atoms with Crippen molar-refractivity contribution in [3.8, 4) is 0 Å². The minimum atomic E-state index is -0.0523. The Morgan fingerprint density at radius 1 is 1.26 bits per heavy atom. The van der Waals surface area contributed by atoms with Crippen LogP contribution in [0.1, 0.15) is 10.4 Å². The molecule has 0 aliphatic carbocycles. The molecule has 4 heteroatoms. The van der Waals surface area contributed by atoms with E-state index in [1.54, 1.807) is 11.3 Å². The van der Waals surface area contributed by atoms with Gasteiger partial charge in [0.15, 0.2) is 0 Å². The van der Waals surface area contributed by atoms with Crippen molar-refractivity contribution in [2.75, 3.05) is 5.32 Å². The summed E-state index contributed by atoms with van der Waals surface area (Å²) in [6, 6.07) is 11.7. The Labute approximate surface area is 114 Å². The second-order valence-corrected chi connectivity index (χ2v) is 5.48. The van der Waals surface area contributed by atoms with Gasteiger partial charge in [-0.2, -0.15) is 0 Å². The molecule has 2 aromatic heterocycles. The lowest BCUT2D eigenvalue weighted by Gasteiger charge is -2.07. The molecule has 2 N–H and O–H groups in total. The zero-order valence-electron chi connectivity index (χ0n) is 10.6. The summed E-state index contributed by atoms with van der Waals surface area (Å²) in [6.07, 6.45) is 0. The van der Waals surface area contributed by atoms with E-state index in [-0.39, 0.29) is 5.56 Å². The van der Waals surface area contributed by atoms with Gasteiger partial charge in [-0.1, -0.05) is 18.2 Å². The highest BCUT2D eigenvalue weighted by Crippen LogP contribution is 2.18. The molecule has 0 aliphatic rings. The molecule has 96 valence electrons. The van der Waals surface area contributed by atoms with E-state index in [9.17, 15) is 4.79 Å². The molecule has 0 saturated heterocycles. The Hall–Kier alpha value is -2.07. The second kappa shape index (κ2) is 4.90. The number of hydrogen-bond acceptors (Lipinski definition) is 3. The number of thiophene rings is 1. The molecule has 0 bridgehead atoms. The molecule has 19 heavy (non-hydrogen) atoms. The third-order valence-corrected chi connectivity index (χ3v) is 4.18. The van der Waals surface area contributed by atoms with E-state index in [1.807, 2.05) is 30.3 Å². The van der Waals surface area contributed by atoms with Crippen LogP contribution in [0.4, 0.5) is 5.82 Å². The van der Waals surface area contributed by atoms with Crippen molar-refractivity contribution in [1.29, 1.82) is 0 Å². The average molecular weight is 270 g/mol. The summed E-state index contributed by atoms with van der Waals surface area (Å²) in [5.41, 5.74) is 1.23. The fourth-order valence-corrected chi connectivity index (χ4v) is 2.91. The van der Waals surface area contributed by atoms with Gasteiger partial charge in [0.05, 0.1) is 6.54 Å². The lowest BCUT2D eigenvalue weighted by molar-refractivity contribution is 1.12. The molecule has 0 unspecified atom stereocenters. The second-order valence-electron chi connectivity index (χ2n) is 4.48. The van der Waals surface area contributed by atoms with Crippen molar-refractivity contribution in [3.63, 3.8) is 0 Å². The van der Waals surface area contributed by atoms with Crippen LogP contribution in [-0.2, 0) is 6.54 Å². The van der Waals surface area contributed by atoms with Crippen LogP contribution in [0.5, 0.6) is 0 Å². The number of aryl methyl sites for hydroxylation is 1. The first-order valence-corrected chi connectivity index (χ1v) is 7.01. The van der Waals surface area contributed by atoms with E-state index in [1.165, 1.54) is 10.4 Å². The number of pyridine rings is 1. The number of nitrogens with one attached hydrogen (secondary N) is 2. The Kier molecular flexibility index (Phi) is 3.09. The summed E-state index contributed by atoms with van der Waals surface area (Å²) >= 11 is 1.72. The first kappa shape index (κ1) is 12.0. The van der Waals surface area contributed by atoms with Crippen LogP contribution in [-0.4, -0.2) is 4.98 Å². The zero-order chi connectivity index (χ0) is 13.2. The number of aromatic nitrogens is 1. The van der Waals surface area contributed by atoms with Gasteiger partial charge < -0.3 is 10.3 Å². The van der Waals surface area contributed by atoms with Crippen LogP contribution in [0.15, 0.2) is 46.6 Å². The Balaban J connectivity index is 1.90. The third-order valence-electron chi connectivity index (χ3n) is 3.16. The average Bonchev–Trinajstić information content (AvgIpc) is 2.82. The van der Waals surface area contributed by atoms with Crippen LogP contribution in [0.25, 0.3) is 10.8 Å². The Morgan fingerprint density at radius 2 is 2.11 bits per heavy atom. The number of aromatic amines is 1. The van der Waals surface area contributed by atoms with Gasteiger partial charge in [-0.3, -0.25) is 4.79 Å². The molecular formula is C15H14N2OS. The van der Waals surface area contributed by atoms with E-state index in [0.717, 1.165) is 23.1 Å². The van der Waals surface area contributed by atoms with E-state index in [0.29, 0.717) is 0 Å². The largest absolute Gasteiger partial charge is 0.367 e. The summed E-state index contributed by atoms with van der Waals surface area (Å²) in [4.78, 5) is 16.1. The first-order valence-electron chi connectivity index (χ1n) is 6.13. The summed E-state index contributed by atoms with van der Waals surface area (Å²) < 4.78 is 0. The minimum absolute atomic E-state index is 0.0523. The van der Waals surface area contributed by atoms with Gasteiger partial charge in [0.2, 0.25) is 0 Å². The minimum Gasteiger partial charge on any atom is -0.367 e. The molecule has 1 aromatic carbocycles. The number of anilines is 1. The van der Waals surface area contributed by atoms with Crippen LogP contribution >= 0.6 is 11.3 Å². The number of rotatable bonds is 3. The molecule has 0 radical (unpaired) electrons. The van der Waals surface area contributed by atoms with Gasteiger partial charge in [0.25, 0.3) is 5.56 Å². The number of fused-ring (bicyclic) bond motifs is 1. The lowest BCUT2D eigenvalue weighted by Crippen LogP contribution is -2.10. The van der Waals surface area contributed by atoms with Crippen molar-refractivity contribution in [2.45, 2.75) is 13.5 Å². The maximum absolute atomic E-state index is 11.9. The number of H-pyrrole nitrogens is 1. The standard InChI is InChI=1S/C15H14N2OS/c1-10-6-7-19-13(10)9-16-14-8-11-4-2-3-5-12(11)15(18)17-14/h2-8H,9H2,1H3,(H2,16,17,18). The summed E-state index contributed by atoms with van der Waals surface area (Å²) in [6.45, 7) is 2.83. The summed E-state index contributed by atoms with van der Waals surface area (Å²) in [5.74, 6) is 0.761. The molecule has 0 saturated carbocycles. The molecule has 0 fully saturated rings. The highest BCUT2D eigenvalue weighted by Gasteiger charge is 2.03. The van der Waals surface area contributed by atoms with Crippen LogP contribution in [0.2, 0.25) is 0 Å². The van der Waals surface area contributed by atoms with Gasteiger partial charge in [-0.05, 0) is 41.5 Å². The SMILES string of the molecule is Cc1ccsc1CNc1cc2ccccc2c(=O)[nH]1. The fraction of sp³-hybridized carbons (Fsp3) is 0.133. The predicted octanol–water partition coefficient (Wildman–Crippen LogP) is 3.51. The summed E-state index contributed by atoms with van der Waals surface area (Å²) in [5, 5.41) is 7.03. The Morgan fingerprint density at radius 3 is 2.89 bits per heavy atom. The fourth-order valence-electron chi connectivity index (χ4n) is 2.07. The topological polar surface area (TPSA) is 44.9 Å². The van der Waals surface area contributed by atoms with E-state index >= 15 is 0 Å². The first-order chi connectivity index (χ1) is 9.24. The van der Waals surface area contributed by atoms with Gasteiger partial charge >= 0.3 is 0 Å². The number of benzene rings is 1. The highest BCUT2D eigenvalue weighted by atomic mass is 32.1.